The molecule has 0 atom stereocenters. The van der Waals surface area contributed by atoms with E-state index in [1.54, 1.807) is 0 Å². The molecule has 0 heterocycles. The number of hydroxylamine groups is 1. The topological polar surface area (TPSA) is 148 Å². The Balaban J connectivity index is 2.97. The van der Waals surface area contributed by atoms with E-state index in [1.807, 2.05) is 0 Å². The standard InChI is InChI=1S/C8H8N4O6/c13-8(10-14)4-9-5-1-2-6(11(15)16)7(3-5)12(17)18/h1-3,9,14H,4H2,(H,10,13). The molecule has 96 valence electrons. The van der Waals surface area contributed by atoms with Gasteiger partial charge in [0.1, 0.15) is 0 Å². The van der Waals surface area contributed by atoms with E-state index >= 15 is 0 Å². The Kier molecular flexibility index (Phi) is 4.10. The number of rotatable bonds is 5. The van der Waals surface area contributed by atoms with Crippen molar-refractivity contribution in [3.8, 4) is 0 Å². The molecule has 0 fully saturated rings. The number of carbonyl (C=O) groups is 1. The molecule has 0 spiro atoms. The monoisotopic (exact) mass is 256 g/mol. The minimum atomic E-state index is -0.893. The third kappa shape index (κ3) is 3.12. The van der Waals surface area contributed by atoms with Crippen LogP contribution in [0.4, 0.5) is 17.1 Å². The Bertz CT molecular complexity index is 502. The minimum absolute atomic E-state index is 0.149. The van der Waals surface area contributed by atoms with Crippen LogP contribution in [0.2, 0.25) is 0 Å². The summed E-state index contributed by atoms with van der Waals surface area (Å²) in [6, 6.07) is 3.11. The van der Waals surface area contributed by atoms with Gasteiger partial charge in [-0.2, -0.15) is 0 Å². The number of nitrogens with zero attached hydrogens (tertiary/aromatic N) is 2. The largest absolute Gasteiger partial charge is 0.376 e. The quantitative estimate of drug-likeness (QED) is 0.392. The summed E-state index contributed by atoms with van der Waals surface area (Å²) in [6.45, 7) is -0.328. The summed E-state index contributed by atoms with van der Waals surface area (Å²) >= 11 is 0. The molecule has 0 unspecified atom stereocenters. The second-order valence-electron chi connectivity index (χ2n) is 3.11. The molecule has 0 aliphatic rings. The molecule has 10 heteroatoms. The number of amides is 1. The van der Waals surface area contributed by atoms with Gasteiger partial charge in [-0.15, -0.1) is 0 Å². The number of hydrogen-bond acceptors (Lipinski definition) is 7. The number of nitrogens with one attached hydrogen (secondary N) is 2. The number of carbonyl (C=O) groups excluding carboxylic acids is 1. The zero-order valence-electron chi connectivity index (χ0n) is 8.82. The van der Waals surface area contributed by atoms with Crippen LogP contribution >= 0.6 is 0 Å². The first kappa shape index (κ1) is 13.3. The zero-order valence-corrected chi connectivity index (χ0v) is 8.82. The predicted molar refractivity (Wildman–Crippen MR) is 58.2 cm³/mol. The fourth-order valence-electron chi connectivity index (χ4n) is 1.16. The van der Waals surface area contributed by atoms with Gasteiger partial charge in [-0.3, -0.25) is 30.2 Å². The van der Waals surface area contributed by atoms with Crippen LogP contribution in [-0.4, -0.2) is 27.5 Å². The molecule has 0 bridgehead atoms. The first-order chi connectivity index (χ1) is 8.45. The van der Waals surface area contributed by atoms with Gasteiger partial charge in [-0.05, 0) is 6.07 Å². The maximum Gasteiger partial charge on any atom is 0.348 e. The number of nitro groups is 2. The Morgan fingerprint density at radius 2 is 1.83 bits per heavy atom. The fraction of sp³-hybridized carbons (Fsp3) is 0.125. The maximum atomic E-state index is 10.7. The predicted octanol–water partition coefficient (Wildman–Crippen LogP) is 0.420. The van der Waals surface area contributed by atoms with Gasteiger partial charge in [-0.25, -0.2) is 5.48 Å². The molecule has 3 N–H and O–H groups in total. The van der Waals surface area contributed by atoms with E-state index in [0.717, 1.165) is 12.1 Å². The average molecular weight is 256 g/mol. The second kappa shape index (κ2) is 5.54. The maximum absolute atomic E-state index is 10.7. The Hall–Kier alpha value is -2.75. The summed E-state index contributed by atoms with van der Waals surface area (Å²) in [5, 5.41) is 31.9. The molecule has 0 saturated heterocycles. The lowest BCUT2D eigenvalue weighted by Gasteiger charge is -2.04. The second-order valence-corrected chi connectivity index (χ2v) is 3.11. The van der Waals surface area contributed by atoms with Crippen LogP contribution in [-0.2, 0) is 4.79 Å². The Morgan fingerprint density at radius 1 is 1.22 bits per heavy atom. The Morgan fingerprint density at radius 3 is 2.33 bits per heavy atom. The van der Waals surface area contributed by atoms with Gasteiger partial charge in [0.15, 0.2) is 0 Å². The van der Waals surface area contributed by atoms with E-state index in [-0.39, 0.29) is 12.2 Å². The third-order valence-corrected chi connectivity index (χ3v) is 1.95. The van der Waals surface area contributed by atoms with Gasteiger partial charge >= 0.3 is 11.4 Å². The van der Waals surface area contributed by atoms with Crippen molar-refractivity contribution < 1.29 is 19.8 Å². The molecule has 0 saturated carbocycles. The lowest BCUT2D eigenvalue weighted by Crippen LogP contribution is -2.26. The summed E-state index contributed by atoms with van der Waals surface area (Å²) in [4.78, 5) is 30.1. The van der Waals surface area contributed by atoms with Crippen LogP contribution < -0.4 is 10.8 Å². The van der Waals surface area contributed by atoms with Crippen LogP contribution in [0, 0.1) is 20.2 Å². The normalized spacial score (nSPS) is 9.61. The van der Waals surface area contributed by atoms with Crippen LogP contribution in [0.1, 0.15) is 0 Å². The van der Waals surface area contributed by atoms with Crippen molar-refractivity contribution in [1.82, 2.24) is 5.48 Å². The van der Waals surface area contributed by atoms with E-state index in [9.17, 15) is 25.0 Å². The SMILES string of the molecule is O=C(CNc1ccc([N+](=O)[O-])c([N+](=O)[O-])c1)NO. The minimum Gasteiger partial charge on any atom is -0.376 e. The van der Waals surface area contributed by atoms with Crippen molar-refractivity contribution in [2.45, 2.75) is 0 Å². The highest BCUT2D eigenvalue weighted by atomic mass is 16.6. The molecule has 0 radical (unpaired) electrons. The van der Waals surface area contributed by atoms with Crippen molar-refractivity contribution in [1.29, 1.82) is 0 Å². The van der Waals surface area contributed by atoms with Crippen molar-refractivity contribution in [3.05, 3.63) is 38.4 Å². The van der Waals surface area contributed by atoms with E-state index < -0.39 is 27.1 Å². The van der Waals surface area contributed by atoms with Crippen LogP contribution in [0.3, 0.4) is 0 Å². The van der Waals surface area contributed by atoms with Gasteiger partial charge in [0.25, 0.3) is 5.91 Å². The lowest BCUT2D eigenvalue weighted by molar-refractivity contribution is -0.422. The van der Waals surface area contributed by atoms with Gasteiger partial charge in [0.2, 0.25) is 0 Å². The fourth-order valence-corrected chi connectivity index (χ4v) is 1.16. The van der Waals surface area contributed by atoms with Crippen molar-refractivity contribution >= 4 is 23.0 Å². The summed E-state index contributed by atoms with van der Waals surface area (Å²) in [5.74, 6) is -0.754. The number of benzene rings is 1. The van der Waals surface area contributed by atoms with Crippen molar-refractivity contribution in [2.24, 2.45) is 0 Å². The van der Waals surface area contributed by atoms with Gasteiger partial charge < -0.3 is 5.32 Å². The molecule has 0 aromatic heterocycles. The highest BCUT2D eigenvalue weighted by molar-refractivity contribution is 5.79. The summed E-state index contributed by atoms with van der Waals surface area (Å²) < 4.78 is 0. The van der Waals surface area contributed by atoms with Crippen LogP contribution in [0.25, 0.3) is 0 Å². The van der Waals surface area contributed by atoms with Gasteiger partial charge in [-0.1, -0.05) is 0 Å². The summed E-state index contributed by atoms with van der Waals surface area (Å²) in [7, 11) is 0. The van der Waals surface area contributed by atoms with Crippen molar-refractivity contribution in [3.63, 3.8) is 0 Å². The smallest absolute Gasteiger partial charge is 0.348 e. The molecule has 1 amide bonds. The zero-order chi connectivity index (χ0) is 13.7. The van der Waals surface area contributed by atoms with Crippen LogP contribution in [0.5, 0.6) is 0 Å². The van der Waals surface area contributed by atoms with E-state index in [4.69, 9.17) is 5.21 Å². The van der Waals surface area contributed by atoms with Gasteiger partial charge in [0, 0.05) is 17.8 Å². The molecule has 10 nitrogen and oxygen atoms in total. The third-order valence-electron chi connectivity index (χ3n) is 1.95. The highest BCUT2D eigenvalue weighted by Crippen LogP contribution is 2.29. The average Bonchev–Trinajstić information content (AvgIpc) is 2.35. The first-order valence-electron chi connectivity index (χ1n) is 4.55. The summed E-state index contributed by atoms with van der Waals surface area (Å²) in [6.07, 6.45) is 0. The molecule has 0 aliphatic heterocycles. The highest BCUT2D eigenvalue weighted by Gasteiger charge is 2.24. The van der Waals surface area contributed by atoms with Gasteiger partial charge in [0.05, 0.1) is 16.4 Å². The molecular weight excluding hydrogens is 248 g/mol. The van der Waals surface area contributed by atoms with E-state index in [0.29, 0.717) is 0 Å². The summed E-state index contributed by atoms with van der Waals surface area (Å²) in [5.41, 5.74) is 0.180. The molecular formula is C8H8N4O6. The molecule has 1 aromatic rings. The molecule has 18 heavy (non-hydrogen) atoms. The van der Waals surface area contributed by atoms with Crippen LogP contribution in [0.15, 0.2) is 18.2 Å². The molecule has 1 aromatic carbocycles. The van der Waals surface area contributed by atoms with E-state index in [2.05, 4.69) is 5.32 Å². The number of nitro benzene ring substituents is 2. The molecule has 0 aliphatic carbocycles. The number of hydrogen-bond donors (Lipinski definition) is 3. The number of anilines is 1. The Labute approximate surface area is 99.5 Å². The van der Waals surface area contributed by atoms with E-state index in [1.165, 1.54) is 11.5 Å². The first-order valence-corrected chi connectivity index (χ1v) is 4.55. The lowest BCUT2D eigenvalue weighted by atomic mass is 10.2. The van der Waals surface area contributed by atoms with Crippen molar-refractivity contribution in [2.75, 3.05) is 11.9 Å². The molecule has 1 rings (SSSR count).